The molecule has 0 aliphatic carbocycles. The zero-order valence-corrected chi connectivity index (χ0v) is 20.5. The number of carbonyl (C=O) groups is 2. The highest BCUT2D eigenvalue weighted by atomic mass is 35.5. The fourth-order valence-corrected chi connectivity index (χ4v) is 5.94. The van der Waals surface area contributed by atoms with Crippen molar-refractivity contribution in [3.05, 3.63) is 119 Å². The minimum absolute atomic E-state index is 0.0518. The summed E-state index contributed by atoms with van der Waals surface area (Å²) in [6, 6.07) is 22.7. The number of fused-ring (bicyclic) bond motifs is 2. The number of halogens is 1. The highest BCUT2D eigenvalue weighted by Gasteiger charge is 2.36. The number of amides is 2. The Morgan fingerprint density at radius 2 is 1.72 bits per heavy atom. The lowest BCUT2D eigenvalue weighted by molar-refractivity contribution is 0.0947. The first kappa shape index (κ1) is 23.7. The van der Waals surface area contributed by atoms with Gasteiger partial charge in [0.2, 0.25) is 9.84 Å². The van der Waals surface area contributed by atoms with Crippen LogP contribution < -0.4 is 10.2 Å². The molecule has 0 saturated heterocycles. The number of sulfone groups is 1. The molecule has 7 nitrogen and oxygen atoms in total. The molecule has 0 radical (unpaired) electrons. The quantitative estimate of drug-likeness (QED) is 0.415. The van der Waals surface area contributed by atoms with Crippen LogP contribution in [0.25, 0.3) is 0 Å². The summed E-state index contributed by atoms with van der Waals surface area (Å²) in [5, 5.41) is 3.28. The van der Waals surface area contributed by atoms with Gasteiger partial charge >= 0.3 is 0 Å². The molecule has 3 aromatic carbocycles. The van der Waals surface area contributed by atoms with Crippen LogP contribution >= 0.6 is 11.6 Å². The van der Waals surface area contributed by atoms with E-state index in [1.165, 1.54) is 35.2 Å². The van der Waals surface area contributed by atoms with Crippen molar-refractivity contribution >= 4 is 38.9 Å². The molecule has 4 aromatic rings. The van der Waals surface area contributed by atoms with Gasteiger partial charge in [-0.1, -0.05) is 41.9 Å². The summed E-state index contributed by atoms with van der Waals surface area (Å²) in [6.45, 7) is 0.265. The molecule has 1 N–H and O–H groups in total. The van der Waals surface area contributed by atoms with E-state index < -0.39 is 21.7 Å². The van der Waals surface area contributed by atoms with Crippen LogP contribution in [0.2, 0.25) is 5.02 Å². The minimum Gasteiger partial charge on any atom is -0.346 e. The topological polar surface area (TPSA) is 96.4 Å². The zero-order chi connectivity index (χ0) is 25.3. The standard InChI is InChI=1S/C27H20ClN3O4S/c28-20-7-5-6-18(14-20)17-31-23-15-19(26(32)30-16-21-8-3-4-13-29-21)11-12-25(23)36(34,35)24-10-2-1-9-22(24)27(31)33/h1-15H,16-17H2,(H,30,32). The Balaban J connectivity index is 1.59. The van der Waals surface area contributed by atoms with E-state index in [-0.39, 0.29) is 39.7 Å². The third-order valence-electron chi connectivity index (χ3n) is 5.84. The molecule has 9 heteroatoms. The lowest BCUT2D eigenvalue weighted by Gasteiger charge is -2.23. The second-order valence-corrected chi connectivity index (χ2v) is 10.5. The van der Waals surface area contributed by atoms with Gasteiger partial charge in [0, 0.05) is 16.8 Å². The molecule has 1 aliphatic rings. The number of aromatic nitrogens is 1. The summed E-state index contributed by atoms with van der Waals surface area (Å²) in [5.41, 5.74) is 1.80. The van der Waals surface area contributed by atoms with Gasteiger partial charge in [-0.05, 0) is 60.2 Å². The second kappa shape index (κ2) is 9.56. The fraction of sp³-hybridized carbons (Fsp3) is 0.0741. The number of nitrogens with zero attached hydrogens (tertiary/aromatic N) is 2. The van der Waals surface area contributed by atoms with Crippen LogP contribution in [0.4, 0.5) is 5.69 Å². The molecule has 5 rings (SSSR count). The zero-order valence-electron chi connectivity index (χ0n) is 18.9. The maximum atomic E-state index is 13.7. The third kappa shape index (κ3) is 4.48. The summed E-state index contributed by atoms with van der Waals surface area (Å²) in [4.78, 5) is 32.1. The van der Waals surface area contributed by atoms with E-state index in [0.29, 0.717) is 16.3 Å². The molecule has 2 heterocycles. The number of anilines is 1. The molecule has 1 aromatic heterocycles. The van der Waals surface area contributed by atoms with Crippen LogP contribution in [-0.2, 0) is 22.9 Å². The van der Waals surface area contributed by atoms with E-state index in [9.17, 15) is 18.0 Å². The highest BCUT2D eigenvalue weighted by molar-refractivity contribution is 7.91. The summed E-state index contributed by atoms with van der Waals surface area (Å²) in [5.74, 6) is -0.906. The van der Waals surface area contributed by atoms with E-state index in [1.54, 1.807) is 54.7 Å². The van der Waals surface area contributed by atoms with Gasteiger partial charge in [-0.3, -0.25) is 14.6 Å². The number of carbonyl (C=O) groups excluding carboxylic acids is 2. The highest BCUT2D eigenvalue weighted by Crippen LogP contribution is 2.38. The monoisotopic (exact) mass is 517 g/mol. The Kier molecular flexibility index (Phi) is 6.30. The summed E-state index contributed by atoms with van der Waals surface area (Å²) < 4.78 is 27.2. The van der Waals surface area contributed by atoms with Crippen molar-refractivity contribution in [2.45, 2.75) is 22.9 Å². The lowest BCUT2D eigenvalue weighted by atomic mass is 10.1. The number of hydrogen-bond donors (Lipinski definition) is 1. The first-order valence-electron chi connectivity index (χ1n) is 11.1. The van der Waals surface area contributed by atoms with Crippen LogP contribution in [0, 0.1) is 0 Å². The number of rotatable bonds is 5. The number of pyridine rings is 1. The van der Waals surface area contributed by atoms with Crippen LogP contribution in [0.15, 0.2) is 101 Å². The van der Waals surface area contributed by atoms with E-state index in [2.05, 4.69) is 10.3 Å². The van der Waals surface area contributed by atoms with Crippen molar-refractivity contribution in [3.63, 3.8) is 0 Å². The molecule has 2 amide bonds. The SMILES string of the molecule is O=C(NCc1ccccn1)c1ccc2c(c1)N(Cc1cccc(Cl)c1)C(=O)c1ccccc1S2(=O)=O. The van der Waals surface area contributed by atoms with Crippen molar-refractivity contribution < 1.29 is 18.0 Å². The number of hydrogen-bond acceptors (Lipinski definition) is 5. The van der Waals surface area contributed by atoms with Crippen molar-refractivity contribution in [3.8, 4) is 0 Å². The summed E-state index contributed by atoms with van der Waals surface area (Å²) >= 11 is 6.15. The fourth-order valence-electron chi connectivity index (χ4n) is 4.10. The molecule has 0 atom stereocenters. The molecule has 0 spiro atoms. The van der Waals surface area contributed by atoms with Crippen LogP contribution in [0.1, 0.15) is 32.0 Å². The largest absolute Gasteiger partial charge is 0.346 e. The first-order valence-corrected chi connectivity index (χ1v) is 12.9. The molecule has 0 fully saturated rings. The van der Waals surface area contributed by atoms with Gasteiger partial charge in [0.25, 0.3) is 11.8 Å². The molecular weight excluding hydrogens is 498 g/mol. The van der Waals surface area contributed by atoms with Gasteiger partial charge in [-0.15, -0.1) is 0 Å². The predicted molar refractivity (Wildman–Crippen MR) is 136 cm³/mol. The maximum absolute atomic E-state index is 13.7. The molecule has 0 unspecified atom stereocenters. The Morgan fingerprint density at radius 3 is 2.50 bits per heavy atom. The predicted octanol–water partition coefficient (Wildman–Crippen LogP) is 4.66. The molecule has 1 aliphatic heterocycles. The van der Waals surface area contributed by atoms with E-state index in [0.717, 1.165) is 0 Å². The molecule has 0 bridgehead atoms. The average molecular weight is 518 g/mol. The van der Waals surface area contributed by atoms with Gasteiger partial charge in [0.15, 0.2) is 0 Å². The molecule has 180 valence electrons. The van der Waals surface area contributed by atoms with Crippen LogP contribution in [0.5, 0.6) is 0 Å². The second-order valence-electron chi connectivity index (χ2n) is 8.21. The van der Waals surface area contributed by atoms with E-state index in [1.807, 2.05) is 6.07 Å². The normalized spacial score (nSPS) is 13.9. The maximum Gasteiger partial charge on any atom is 0.259 e. The van der Waals surface area contributed by atoms with Gasteiger partial charge in [0.1, 0.15) is 0 Å². The lowest BCUT2D eigenvalue weighted by Crippen LogP contribution is -2.31. The van der Waals surface area contributed by atoms with Crippen LogP contribution in [-0.4, -0.2) is 25.2 Å². The van der Waals surface area contributed by atoms with Crippen molar-refractivity contribution in [1.82, 2.24) is 10.3 Å². The van der Waals surface area contributed by atoms with Gasteiger partial charge in [0.05, 0.1) is 39.8 Å². The molecule has 36 heavy (non-hydrogen) atoms. The summed E-state index contributed by atoms with van der Waals surface area (Å²) in [7, 11) is -4.03. The van der Waals surface area contributed by atoms with Gasteiger partial charge in [-0.25, -0.2) is 8.42 Å². The van der Waals surface area contributed by atoms with E-state index in [4.69, 9.17) is 11.6 Å². The Bertz CT molecular complexity index is 1590. The van der Waals surface area contributed by atoms with Crippen LogP contribution in [0.3, 0.4) is 0 Å². The minimum atomic E-state index is -4.03. The Labute approximate surface area is 213 Å². The van der Waals surface area contributed by atoms with Crippen molar-refractivity contribution in [2.24, 2.45) is 0 Å². The Morgan fingerprint density at radius 1 is 0.917 bits per heavy atom. The summed E-state index contributed by atoms with van der Waals surface area (Å²) in [6.07, 6.45) is 1.63. The smallest absolute Gasteiger partial charge is 0.259 e. The molecular formula is C27H20ClN3O4S. The van der Waals surface area contributed by atoms with Crippen molar-refractivity contribution in [1.29, 1.82) is 0 Å². The first-order chi connectivity index (χ1) is 17.3. The van der Waals surface area contributed by atoms with Gasteiger partial charge in [-0.2, -0.15) is 0 Å². The van der Waals surface area contributed by atoms with E-state index >= 15 is 0 Å². The number of nitrogens with one attached hydrogen (secondary N) is 1. The van der Waals surface area contributed by atoms with Gasteiger partial charge < -0.3 is 10.2 Å². The third-order valence-corrected chi connectivity index (χ3v) is 7.93. The van der Waals surface area contributed by atoms with Crippen molar-refractivity contribution in [2.75, 3.05) is 4.90 Å². The number of benzene rings is 3. The Hall–Kier alpha value is -4.01. The molecule has 0 saturated carbocycles. The average Bonchev–Trinajstić information content (AvgIpc) is 2.96.